The van der Waals surface area contributed by atoms with E-state index in [0.717, 1.165) is 22.4 Å². The predicted octanol–water partition coefficient (Wildman–Crippen LogP) is 1.10. The van der Waals surface area contributed by atoms with Gasteiger partial charge >= 0.3 is 0 Å². The zero-order valence-electron chi connectivity index (χ0n) is 10.3. The lowest BCUT2D eigenvalue weighted by Crippen LogP contribution is -2.08. The van der Waals surface area contributed by atoms with E-state index in [-0.39, 0.29) is 0 Å². The van der Waals surface area contributed by atoms with Gasteiger partial charge in [-0.15, -0.1) is 0 Å². The summed E-state index contributed by atoms with van der Waals surface area (Å²) >= 11 is 0. The van der Waals surface area contributed by atoms with E-state index in [9.17, 15) is 0 Å². The number of aromatic nitrogens is 5. The fourth-order valence-electron chi connectivity index (χ4n) is 2.00. The topological polar surface area (TPSA) is 74.6 Å². The molecule has 0 saturated heterocycles. The van der Waals surface area contributed by atoms with Crippen LogP contribution in [0.1, 0.15) is 11.3 Å². The molecule has 0 aliphatic carbocycles. The van der Waals surface area contributed by atoms with Gasteiger partial charge in [-0.2, -0.15) is 5.10 Å². The molecule has 0 saturated carbocycles. The van der Waals surface area contributed by atoms with Crippen LogP contribution in [-0.4, -0.2) is 24.3 Å². The summed E-state index contributed by atoms with van der Waals surface area (Å²) in [5.74, 6) is 0.476. The average Bonchev–Trinajstić information content (AvgIpc) is 2.85. The van der Waals surface area contributed by atoms with Crippen LogP contribution in [0.3, 0.4) is 0 Å². The van der Waals surface area contributed by atoms with Crippen molar-refractivity contribution < 1.29 is 0 Å². The highest BCUT2D eigenvalue weighted by Gasteiger charge is 2.11. The van der Waals surface area contributed by atoms with Crippen LogP contribution in [0.25, 0.3) is 11.2 Å². The maximum Gasteiger partial charge on any atom is 0.202 e. The van der Waals surface area contributed by atoms with E-state index >= 15 is 0 Å². The number of anilines is 1. The SMILES string of the molecule is Cc1cnc2c(c1)nc(N)n2Cc1ccnn1C. The van der Waals surface area contributed by atoms with Crippen LogP contribution >= 0.6 is 0 Å². The summed E-state index contributed by atoms with van der Waals surface area (Å²) in [6, 6.07) is 3.94. The van der Waals surface area contributed by atoms with Crippen molar-refractivity contribution in [2.24, 2.45) is 7.05 Å². The van der Waals surface area contributed by atoms with Crippen molar-refractivity contribution in [3.8, 4) is 0 Å². The molecule has 0 atom stereocenters. The van der Waals surface area contributed by atoms with Crippen molar-refractivity contribution in [2.75, 3.05) is 5.73 Å². The summed E-state index contributed by atoms with van der Waals surface area (Å²) in [5, 5.41) is 4.14. The highest BCUT2D eigenvalue weighted by Crippen LogP contribution is 2.18. The Labute approximate surface area is 104 Å². The number of aryl methyl sites for hydroxylation is 2. The molecule has 0 aromatic carbocycles. The second-order valence-corrected chi connectivity index (χ2v) is 4.36. The number of imidazole rings is 1. The summed E-state index contributed by atoms with van der Waals surface area (Å²) in [7, 11) is 1.90. The number of hydrogen-bond donors (Lipinski definition) is 1. The molecule has 0 amide bonds. The molecular weight excluding hydrogens is 228 g/mol. The van der Waals surface area contributed by atoms with Gasteiger partial charge in [0.15, 0.2) is 5.65 Å². The molecule has 3 aromatic rings. The van der Waals surface area contributed by atoms with Gasteiger partial charge < -0.3 is 5.73 Å². The first kappa shape index (κ1) is 10.8. The van der Waals surface area contributed by atoms with Crippen LogP contribution in [-0.2, 0) is 13.6 Å². The molecule has 0 aliphatic heterocycles. The van der Waals surface area contributed by atoms with E-state index in [2.05, 4.69) is 15.1 Å². The minimum Gasteiger partial charge on any atom is -0.369 e. The Morgan fingerprint density at radius 3 is 2.94 bits per heavy atom. The van der Waals surface area contributed by atoms with Crippen molar-refractivity contribution in [3.63, 3.8) is 0 Å². The smallest absolute Gasteiger partial charge is 0.202 e. The van der Waals surface area contributed by atoms with Crippen LogP contribution in [0.2, 0.25) is 0 Å². The standard InChI is InChI=1S/C12H14N6/c1-8-5-10-11(14-6-8)18(12(13)16-10)7-9-3-4-15-17(9)2/h3-6H,7H2,1-2H3,(H2,13,16). The molecule has 18 heavy (non-hydrogen) atoms. The number of nitrogens with two attached hydrogens (primary N) is 1. The van der Waals surface area contributed by atoms with Crippen LogP contribution < -0.4 is 5.73 Å². The Hall–Kier alpha value is -2.37. The molecule has 0 radical (unpaired) electrons. The maximum atomic E-state index is 5.95. The number of pyridine rings is 1. The summed E-state index contributed by atoms with van der Waals surface area (Å²) in [6.07, 6.45) is 3.59. The number of nitrogen functional groups attached to an aromatic ring is 1. The molecule has 0 fully saturated rings. The van der Waals surface area contributed by atoms with Crippen LogP contribution in [0, 0.1) is 6.92 Å². The molecule has 3 rings (SSSR count). The average molecular weight is 242 g/mol. The molecule has 2 N–H and O–H groups in total. The summed E-state index contributed by atoms with van der Waals surface area (Å²) in [5.41, 5.74) is 9.72. The van der Waals surface area contributed by atoms with Gasteiger partial charge in [0, 0.05) is 19.4 Å². The zero-order chi connectivity index (χ0) is 12.7. The van der Waals surface area contributed by atoms with E-state index in [0.29, 0.717) is 12.5 Å². The minimum atomic E-state index is 0.476. The lowest BCUT2D eigenvalue weighted by molar-refractivity contribution is 0.676. The number of nitrogens with zero attached hydrogens (tertiary/aromatic N) is 5. The first-order chi connectivity index (χ1) is 8.65. The van der Waals surface area contributed by atoms with Crippen LogP contribution in [0.5, 0.6) is 0 Å². The maximum absolute atomic E-state index is 5.95. The molecule has 0 aliphatic rings. The van der Waals surface area contributed by atoms with E-state index < -0.39 is 0 Å². The van der Waals surface area contributed by atoms with E-state index in [4.69, 9.17) is 5.73 Å². The van der Waals surface area contributed by atoms with Crippen molar-refractivity contribution >= 4 is 17.1 Å². The normalized spacial score (nSPS) is 11.2. The molecule has 0 spiro atoms. The second-order valence-electron chi connectivity index (χ2n) is 4.36. The first-order valence-corrected chi connectivity index (χ1v) is 5.70. The van der Waals surface area contributed by atoms with Gasteiger partial charge in [-0.3, -0.25) is 9.25 Å². The van der Waals surface area contributed by atoms with Crippen molar-refractivity contribution in [2.45, 2.75) is 13.5 Å². The fraction of sp³-hybridized carbons (Fsp3) is 0.250. The van der Waals surface area contributed by atoms with Crippen molar-refractivity contribution in [1.29, 1.82) is 0 Å². The molecule has 6 nitrogen and oxygen atoms in total. The van der Waals surface area contributed by atoms with Gasteiger partial charge in [0.05, 0.1) is 12.2 Å². The first-order valence-electron chi connectivity index (χ1n) is 5.70. The Bertz CT molecular complexity index is 709. The number of rotatable bonds is 2. The molecule has 6 heteroatoms. The van der Waals surface area contributed by atoms with Gasteiger partial charge in [-0.1, -0.05) is 0 Å². The van der Waals surface area contributed by atoms with Gasteiger partial charge in [0.1, 0.15) is 5.52 Å². The lowest BCUT2D eigenvalue weighted by atomic mass is 10.3. The summed E-state index contributed by atoms with van der Waals surface area (Å²) in [4.78, 5) is 8.74. The quantitative estimate of drug-likeness (QED) is 0.730. The monoisotopic (exact) mass is 242 g/mol. The third kappa shape index (κ3) is 1.62. The summed E-state index contributed by atoms with van der Waals surface area (Å²) in [6.45, 7) is 2.61. The highest BCUT2D eigenvalue weighted by atomic mass is 15.3. The molecule has 92 valence electrons. The van der Waals surface area contributed by atoms with E-state index in [1.165, 1.54) is 0 Å². The third-order valence-corrected chi connectivity index (χ3v) is 2.99. The molecule has 3 heterocycles. The van der Waals surface area contributed by atoms with Crippen LogP contribution in [0.4, 0.5) is 5.95 Å². The Kier molecular flexibility index (Phi) is 2.29. The highest BCUT2D eigenvalue weighted by molar-refractivity contribution is 5.74. The van der Waals surface area contributed by atoms with Crippen molar-refractivity contribution in [1.82, 2.24) is 24.3 Å². The Morgan fingerprint density at radius 2 is 2.22 bits per heavy atom. The predicted molar refractivity (Wildman–Crippen MR) is 69.0 cm³/mol. The lowest BCUT2D eigenvalue weighted by Gasteiger charge is -2.06. The zero-order valence-corrected chi connectivity index (χ0v) is 10.3. The van der Waals surface area contributed by atoms with E-state index in [1.807, 2.05) is 41.5 Å². The minimum absolute atomic E-state index is 0.476. The number of fused-ring (bicyclic) bond motifs is 1. The summed E-state index contributed by atoms with van der Waals surface area (Å²) < 4.78 is 3.71. The Morgan fingerprint density at radius 1 is 1.39 bits per heavy atom. The van der Waals surface area contributed by atoms with Gasteiger partial charge in [0.2, 0.25) is 5.95 Å². The third-order valence-electron chi connectivity index (χ3n) is 2.99. The number of hydrogen-bond acceptors (Lipinski definition) is 4. The van der Waals surface area contributed by atoms with Crippen LogP contribution in [0.15, 0.2) is 24.5 Å². The van der Waals surface area contributed by atoms with E-state index in [1.54, 1.807) is 6.20 Å². The molecule has 0 unspecified atom stereocenters. The van der Waals surface area contributed by atoms with Gasteiger partial charge in [-0.05, 0) is 24.6 Å². The fourth-order valence-corrected chi connectivity index (χ4v) is 2.00. The Balaban J connectivity index is 2.11. The molecular formula is C12H14N6. The largest absolute Gasteiger partial charge is 0.369 e. The van der Waals surface area contributed by atoms with Gasteiger partial charge in [0.25, 0.3) is 0 Å². The van der Waals surface area contributed by atoms with Gasteiger partial charge in [-0.25, -0.2) is 9.97 Å². The molecule has 0 bridgehead atoms. The molecule has 3 aromatic heterocycles. The van der Waals surface area contributed by atoms with Crippen molar-refractivity contribution in [3.05, 3.63) is 35.8 Å². The second kappa shape index (κ2) is 3.83.